The van der Waals surface area contributed by atoms with Gasteiger partial charge >= 0.3 is 5.97 Å². The molecule has 49 heavy (non-hydrogen) atoms. The summed E-state index contributed by atoms with van der Waals surface area (Å²) in [7, 11) is 0. The van der Waals surface area contributed by atoms with Gasteiger partial charge < -0.3 is 54.0 Å². The number of aromatic hydroxyl groups is 1. The van der Waals surface area contributed by atoms with E-state index >= 15 is 0 Å². The molecule has 6 atom stereocenters. The van der Waals surface area contributed by atoms with Crippen LogP contribution >= 0.6 is 0 Å². The van der Waals surface area contributed by atoms with Crippen LogP contribution in [0.1, 0.15) is 64.4 Å². The van der Waals surface area contributed by atoms with Crippen molar-refractivity contribution in [2.45, 2.75) is 101 Å². The molecule has 0 spiro atoms. The number of rotatable bonds is 15. The fourth-order valence-electron chi connectivity index (χ4n) is 5.15. The second-order valence-corrected chi connectivity index (χ2v) is 12.6. The number of aliphatic carboxylic acids is 1. The second-order valence-electron chi connectivity index (χ2n) is 12.6. The minimum absolute atomic E-state index is 0.0101. The van der Waals surface area contributed by atoms with Gasteiger partial charge in [-0.05, 0) is 81.6 Å². The molecule has 0 aromatic heterocycles. The third kappa shape index (κ3) is 14.2. The molecule has 0 unspecified atom stereocenters. The summed E-state index contributed by atoms with van der Waals surface area (Å²) >= 11 is 0. The van der Waals surface area contributed by atoms with Gasteiger partial charge in [0.05, 0.1) is 6.04 Å². The number of hydrogen-bond acceptors (Lipinski definition) is 10. The zero-order valence-corrected chi connectivity index (χ0v) is 28.2. The van der Waals surface area contributed by atoms with Crippen molar-refractivity contribution in [1.29, 1.82) is 0 Å². The monoisotopic (exact) mass is 688 g/mol. The lowest BCUT2D eigenvalue weighted by Crippen LogP contribution is -2.59. The summed E-state index contributed by atoms with van der Waals surface area (Å²) in [6.45, 7) is 4.02. The standard InChI is InChI=1S/C33H52N8O8/c1-19(2)17-27(33(48)49)41-32(47)26(18-20-10-12-21(42)13-11-20)40-30(45)24-8-4-3-7-22(36)28(43)37-23(9-5-6-15-34)29(44)39-25(14-16-35)31(46)38-24/h3-4,10-13,19,22-27,42H,5-9,14-18,34-36H2,1-2H3,(H,37,43)(H,38,46)(H,39,44)(H,40,45)(H,41,47)(H,48,49)/b4-3+/t22-,23-,24-,25-,26-,27-/m0/s1. The summed E-state index contributed by atoms with van der Waals surface area (Å²) in [5.41, 5.74) is 18.0. The highest BCUT2D eigenvalue weighted by Gasteiger charge is 2.33. The number of hydrogen-bond donors (Lipinski definition) is 10. The Kier molecular flexibility index (Phi) is 17.2. The predicted molar refractivity (Wildman–Crippen MR) is 181 cm³/mol. The van der Waals surface area contributed by atoms with Gasteiger partial charge in [0.15, 0.2) is 0 Å². The first-order valence-corrected chi connectivity index (χ1v) is 16.6. The molecule has 16 heteroatoms. The molecule has 0 bridgehead atoms. The van der Waals surface area contributed by atoms with E-state index in [0.717, 1.165) is 0 Å². The van der Waals surface area contributed by atoms with Crippen LogP contribution in [0.5, 0.6) is 5.75 Å². The Morgan fingerprint density at radius 1 is 0.837 bits per heavy atom. The molecule has 1 aliphatic rings. The van der Waals surface area contributed by atoms with Crippen molar-refractivity contribution in [2.24, 2.45) is 23.1 Å². The van der Waals surface area contributed by atoms with Crippen LogP contribution in [0, 0.1) is 5.92 Å². The maximum Gasteiger partial charge on any atom is 0.326 e. The largest absolute Gasteiger partial charge is 0.508 e. The third-order valence-electron chi connectivity index (χ3n) is 7.90. The van der Waals surface area contributed by atoms with Crippen LogP contribution in [0.2, 0.25) is 0 Å². The van der Waals surface area contributed by atoms with Crippen molar-refractivity contribution in [3.63, 3.8) is 0 Å². The summed E-state index contributed by atoms with van der Waals surface area (Å²) in [6, 6.07) is -0.970. The highest BCUT2D eigenvalue weighted by Crippen LogP contribution is 2.13. The van der Waals surface area contributed by atoms with Crippen LogP contribution in [-0.2, 0) is 35.2 Å². The van der Waals surface area contributed by atoms with Crippen LogP contribution in [0.25, 0.3) is 0 Å². The zero-order valence-electron chi connectivity index (χ0n) is 28.2. The normalized spacial score (nSPS) is 22.4. The number of carbonyl (C=O) groups excluding carboxylic acids is 5. The Balaban J connectivity index is 2.40. The first kappa shape index (κ1) is 40.6. The topological polar surface area (TPSA) is 281 Å². The van der Waals surface area contributed by atoms with Crippen molar-refractivity contribution in [1.82, 2.24) is 26.6 Å². The van der Waals surface area contributed by atoms with E-state index in [2.05, 4.69) is 26.6 Å². The molecular formula is C33H52N8O8. The average Bonchev–Trinajstić information content (AvgIpc) is 3.04. The molecule has 0 aliphatic carbocycles. The number of phenolic OH excluding ortho intramolecular Hbond substituents is 1. The van der Waals surface area contributed by atoms with Crippen LogP contribution in [0.4, 0.5) is 0 Å². The van der Waals surface area contributed by atoms with Gasteiger partial charge in [-0.15, -0.1) is 0 Å². The van der Waals surface area contributed by atoms with Crippen molar-refractivity contribution in [3.05, 3.63) is 42.0 Å². The van der Waals surface area contributed by atoms with Gasteiger partial charge in [-0.1, -0.05) is 38.1 Å². The predicted octanol–water partition coefficient (Wildman–Crippen LogP) is -1.36. The number of amides is 5. The molecular weight excluding hydrogens is 636 g/mol. The molecule has 0 fully saturated rings. The molecule has 2 rings (SSSR count). The van der Waals surface area contributed by atoms with Crippen LogP contribution in [0.15, 0.2) is 36.4 Å². The molecule has 16 nitrogen and oxygen atoms in total. The number of carboxylic acid groups (broad SMARTS) is 1. The smallest absolute Gasteiger partial charge is 0.326 e. The Labute approximate surface area is 286 Å². The summed E-state index contributed by atoms with van der Waals surface area (Å²) in [5, 5.41) is 32.5. The summed E-state index contributed by atoms with van der Waals surface area (Å²) < 4.78 is 0. The fraction of sp³-hybridized carbons (Fsp3) is 0.576. The van der Waals surface area contributed by atoms with E-state index in [1.54, 1.807) is 24.3 Å². The number of nitrogens with two attached hydrogens (primary N) is 3. The number of carboxylic acids is 1. The minimum Gasteiger partial charge on any atom is -0.508 e. The Bertz CT molecular complexity index is 1310. The van der Waals surface area contributed by atoms with Gasteiger partial charge in [0.1, 0.15) is 36.0 Å². The Morgan fingerprint density at radius 2 is 1.45 bits per heavy atom. The molecule has 0 saturated heterocycles. The molecule has 1 aliphatic heterocycles. The second kappa shape index (κ2) is 20.7. The molecule has 0 saturated carbocycles. The van der Waals surface area contributed by atoms with E-state index < -0.39 is 71.8 Å². The molecule has 272 valence electrons. The Morgan fingerprint density at radius 3 is 2.06 bits per heavy atom. The quantitative estimate of drug-likeness (QED) is 0.0759. The first-order valence-electron chi connectivity index (χ1n) is 16.6. The SMILES string of the molecule is CC(C)C[C@H](NC(=O)[C@H](Cc1ccc(O)cc1)NC(=O)[C@@H]1C/C=C/C[C@H](N)C(=O)N[C@@H](CCCCN)C(=O)N[C@@H](CCN)C(=O)N1)C(=O)O. The Hall–Kier alpha value is -4.54. The van der Waals surface area contributed by atoms with E-state index in [9.17, 15) is 39.0 Å². The van der Waals surface area contributed by atoms with Crippen LogP contribution in [0.3, 0.4) is 0 Å². The van der Waals surface area contributed by atoms with E-state index in [4.69, 9.17) is 17.2 Å². The van der Waals surface area contributed by atoms with Crippen LogP contribution in [-0.4, -0.2) is 95.1 Å². The molecule has 1 aromatic carbocycles. The number of benzene rings is 1. The van der Waals surface area contributed by atoms with Gasteiger partial charge in [-0.3, -0.25) is 24.0 Å². The number of carbonyl (C=O) groups is 6. The van der Waals surface area contributed by atoms with Gasteiger partial charge in [-0.2, -0.15) is 0 Å². The zero-order chi connectivity index (χ0) is 36.5. The number of nitrogens with one attached hydrogen (secondary N) is 5. The third-order valence-corrected chi connectivity index (χ3v) is 7.90. The van der Waals surface area contributed by atoms with Crippen molar-refractivity contribution in [3.8, 4) is 5.75 Å². The summed E-state index contributed by atoms with van der Waals surface area (Å²) in [4.78, 5) is 78.8. The van der Waals surface area contributed by atoms with Crippen molar-refractivity contribution < 1.29 is 39.0 Å². The van der Waals surface area contributed by atoms with Crippen LogP contribution < -0.4 is 43.8 Å². The first-order chi connectivity index (χ1) is 23.2. The highest BCUT2D eigenvalue weighted by atomic mass is 16.4. The lowest BCUT2D eigenvalue weighted by atomic mass is 10.0. The lowest BCUT2D eigenvalue weighted by Gasteiger charge is -2.27. The van der Waals surface area contributed by atoms with Crippen molar-refractivity contribution in [2.75, 3.05) is 13.1 Å². The van der Waals surface area contributed by atoms with E-state index in [1.165, 1.54) is 12.1 Å². The molecule has 13 N–H and O–H groups in total. The summed E-state index contributed by atoms with van der Waals surface area (Å²) in [6.07, 6.45) is 4.63. The van der Waals surface area contributed by atoms with E-state index in [1.807, 2.05) is 13.8 Å². The maximum atomic E-state index is 13.8. The summed E-state index contributed by atoms with van der Waals surface area (Å²) in [5.74, 6) is -4.73. The minimum atomic E-state index is -1.27. The van der Waals surface area contributed by atoms with Gasteiger partial charge in [0.25, 0.3) is 0 Å². The van der Waals surface area contributed by atoms with Gasteiger partial charge in [-0.25, -0.2) is 4.79 Å². The van der Waals surface area contributed by atoms with E-state index in [0.29, 0.717) is 24.9 Å². The number of unbranched alkanes of at least 4 members (excludes halogenated alkanes) is 1. The highest BCUT2D eigenvalue weighted by molar-refractivity contribution is 5.96. The average molecular weight is 689 g/mol. The van der Waals surface area contributed by atoms with Gasteiger partial charge in [0, 0.05) is 6.42 Å². The molecule has 1 heterocycles. The van der Waals surface area contributed by atoms with Crippen molar-refractivity contribution >= 4 is 35.5 Å². The molecule has 0 radical (unpaired) electrons. The fourth-order valence-corrected chi connectivity index (χ4v) is 5.15. The molecule has 1 aromatic rings. The van der Waals surface area contributed by atoms with Gasteiger partial charge in [0.2, 0.25) is 29.5 Å². The maximum absolute atomic E-state index is 13.8. The number of phenols is 1. The lowest BCUT2D eigenvalue weighted by molar-refractivity contribution is -0.142. The van der Waals surface area contributed by atoms with E-state index in [-0.39, 0.29) is 56.7 Å². The molecule has 5 amide bonds.